The maximum atomic E-state index is 14.3. The van der Waals surface area contributed by atoms with E-state index in [2.05, 4.69) is 10.4 Å². The molecular weight excluding hydrogens is 425 g/mol. The molecule has 8 nitrogen and oxygen atoms in total. The summed E-state index contributed by atoms with van der Waals surface area (Å²) in [5.74, 6) is -0.172. The number of amides is 1. The lowest BCUT2D eigenvalue weighted by Crippen LogP contribution is -2.43. The Balaban J connectivity index is 1.67. The topological polar surface area (TPSA) is 103 Å². The van der Waals surface area contributed by atoms with Crippen molar-refractivity contribution in [2.75, 3.05) is 18.0 Å². The van der Waals surface area contributed by atoms with Gasteiger partial charge in [-0.05, 0) is 44.0 Å². The number of halogens is 1. The van der Waals surface area contributed by atoms with E-state index in [4.69, 9.17) is 4.74 Å². The van der Waals surface area contributed by atoms with E-state index in [-0.39, 0.29) is 23.4 Å². The van der Waals surface area contributed by atoms with Crippen LogP contribution in [0.5, 0.6) is 11.5 Å². The van der Waals surface area contributed by atoms with Crippen LogP contribution in [0.1, 0.15) is 30.5 Å². The molecule has 1 fully saturated rings. The van der Waals surface area contributed by atoms with Gasteiger partial charge in [0.1, 0.15) is 28.9 Å². The van der Waals surface area contributed by atoms with Crippen molar-refractivity contribution in [2.45, 2.75) is 31.8 Å². The van der Waals surface area contributed by atoms with Crippen molar-refractivity contribution in [2.24, 2.45) is 0 Å². The monoisotopic (exact) mass is 447 g/mol. The van der Waals surface area contributed by atoms with Crippen LogP contribution >= 0.6 is 0 Å². The Hall–Kier alpha value is -3.90. The number of anilines is 1. The van der Waals surface area contributed by atoms with Crippen molar-refractivity contribution in [1.29, 1.82) is 5.26 Å². The molecule has 1 aromatic heterocycles. The number of carbonyl (C=O) groups is 1. The molecule has 1 amide bonds. The van der Waals surface area contributed by atoms with Gasteiger partial charge in [0.25, 0.3) is 0 Å². The maximum absolute atomic E-state index is 14.3. The molecule has 0 saturated carbocycles. The Bertz CT molecular complexity index is 1280. The lowest BCUT2D eigenvalue weighted by atomic mass is 9.92. The number of nitrogens with one attached hydrogen (secondary N) is 1. The normalized spacial score (nSPS) is 17.7. The van der Waals surface area contributed by atoms with Gasteiger partial charge in [0.05, 0.1) is 17.9 Å². The minimum Gasteiger partial charge on any atom is -0.465 e. The number of fused-ring (bicyclic) bond motifs is 1. The first-order chi connectivity index (χ1) is 16.0. The number of ether oxygens (including phenoxy) is 1. The molecule has 3 heterocycles. The molecule has 1 atom stereocenters. The maximum Gasteiger partial charge on any atom is 0.412 e. The predicted octanol–water partition coefficient (Wildman–Crippen LogP) is 4.32. The van der Waals surface area contributed by atoms with E-state index in [1.165, 1.54) is 23.1 Å². The molecule has 5 rings (SSSR count). The molecule has 2 aliphatic heterocycles. The lowest BCUT2D eigenvalue weighted by Gasteiger charge is -2.34. The van der Waals surface area contributed by atoms with Gasteiger partial charge in [0.2, 0.25) is 0 Å². The van der Waals surface area contributed by atoms with E-state index in [0.717, 1.165) is 18.7 Å². The van der Waals surface area contributed by atoms with Crippen molar-refractivity contribution in [1.82, 2.24) is 15.1 Å². The molecule has 0 radical (unpaired) electrons. The Kier molecular flexibility index (Phi) is 5.23. The van der Waals surface area contributed by atoms with Crippen molar-refractivity contribution in [3.05, 3.63) is 59.7 Å². The molecule has 2 aromatic carbocycles. The zero-order valence-corrected chi connectivity index (χ0v) is 18.0. The lowest BCUT2D eigenvalue weighted by molar-refractivity contribution is 0.198. The second-order valence-electron chi connectivity index (χ2n) is 8.33. The first-order valence-corrected chi connectivity index (χ1v) is 10.8. The van der Waals surface area contributed by atoms with Gasteiger partial charge in [-0.15, -0.1) is 0 Å². The van der Waals surface area contributed by atoms with E-state index < -0.39 is 11.9 Å². The highest BCUT2D eigenvalue weighted by molar-refractivity contribution is 5.91. The van der Waals surface area contributed by atoms with Crippen LogP contribution in [0.2, 0.25) is 0 Å². The first-order valence-electron chi connectivity index (χ1n) is 10.8. The van der Waals surface area contributed by atoms with Crippen LogP contribution in [0.15, 0.2) is 42.7 Å². The fourth-order valence-electron chi connectivity index (χ4n) is 4.39. The van der Waals surface area contributed by atoms with Gasteiger partial charge in [-0.25, -0.2) is 9.18 Å². The third-order valence-electron chi connectivity index (χ3n) is 6.30. The molecule has 3 aromatic rings. The quantitative estimate of drug-likeness (QED) is 0.618. The van der Waals surface area contributed by atoms with Crippen LogP contribution in [0, 0.1) is 17.1 Å². The van der Waals surface area contributed by atoms with E-state index in [9.17, 15) is 19.6 Å². The molecular formula is C24H22FN5O3. The molecule has 2 aliphatic rings. The van der Waals surface area contributed by atoms with Crippen LogP contribution in [-0.4, -0.2) is 40.1 Å². The summed E-state index contributed by atoms with van der Waals surface area (Å²) in [7, 11) is 0. The van der Waals surface area contributed by atoms with Gasteiger partial charge in [0, 0.05) is 42.0 Å². The van der Waals surface area contributed by atoms with Crippen molar-refractivity contribution >= 4 is 11.8 Å². The molecule has 2 N–H and O–H groups in total. The highest BCUT2D eigenvalue weighted by Crippen LogP contribution is 2.45. The van der Waals surface area contributed by atoms with Gasteiger partial charge >= 0.3 is 6.09 Å². The molecule has 9 heteroatoms. The fourth-order valence-corrected chi connectivity index (χ4v) is 4.39. The third kappa shape index (κ3) is 3.58. The van der Waals surface area contributed by atoms with E-state index in [0.29, 0.717) is 35.4 Å². The summed E-state index contributed by atoms with van der Waals surface area (Å²) in [5, 5.41) is 27.0. The van der Waals surface area contributed by atoms with Crippen LogP contribution in [-0.2, 0) is 6.42 Å². The SMILES string of the molecule is CC1CCc2c(ccc(-c3cnn(C4CNC4)c3)c2Oc2cccc(F)c2C#N)N1C(=O)O. The number of nitriles is 1. The predicted molar refractivity (Wildman–Crippen MR) is 119 cm³/mol. The Morgan fingerprint density at radius 3 is 2.85 bits per heavy atom. The minimum atomic E-state index is -1.05. The smallest absolute Gasteiger partial charge is 0.412 e. The van der Waals surface area contributed by atoms with Crippen molar-refractivity contribution in [3.8, 4) is 28.7 Å². The van der Waals surface area contributed by atoms with Gasteiger partial charge in [-0.1, -0.05) is 6.07 Å². The molecule has 33 heavy (non-hydrogen) atoms. The van der Waals surface area contributed by atoms with Crippen molar-refractivity contribution < 1.29 is 19.0 Å². The van der Waals surface area contributed by atoms with Gasteiger partial charge in [0.15, 0.2) is 0 Å². The fraction of sp³-hybridized carbons (Fsp3) is 0.292. The molecule has 1 unspecified atom stereocenters. The van der Waals surface area contributed by atoms with Gasteiger partial charge in [-0.3, -0.25) is 9.58 Å². The van der Waals surface area contributed by atoms with Crippen LogP contribution in [0.25, 0.3) is 11.1 Å². The zero-order chi connectivity index (χ0) is 23.1. The Labute approximate surface area is 189 Å². The summed E-state index contributed by atoms with van der Waals surface area (Å²) >= 11 is 0. The highest BCUT2D eigenvalue weighted by atomic mass is 19.1. The number of benzene rings is 2. The molecule has 0 spiro atoms. The largest absolute Gasteiger partial charge is 0.465 e. The number of hydrogen-bond acceptors (Lipinski definition) is 5. The number of nitrogens with zero attached hydrogens (tertiary/aromatic N) is 4. The third-order valence-corrected chi connectivity index (χ3v) is 6.30. The average Bonchev–Trinajstić information content (AvgIpc) is 3.21. The van der Waals surface area contributed by atoms with Gasteiger partial charge in [-0.2, -0.15) is 10.4 Å². The Morgan fingerprint density at radius 1 is 1.33 bits per heavy atom. The summed E-state index contributed by atoms with van der Waals surface area (Å²) in [4.78, 5) is 13.3. The standard InChI is InChI=1S/C24H22FN5O3/c1-14-5-6-18-21(30(14)24(31)32)8-7-17(15-10-28-29(13-15)16-11-27-12-16)23(18)33-22-4-2-3-20(25)19(22)9-26/h2-4,7-8,10,13-14,16,27H,5-6,11-12H2,1H3,(H,31,32). The number of aromatic nitrogens is 2. The average molecular weight is 447 g/mol. The van der Waals surface area contributed by atoms with Crippen LogP contribution < -0.4 is 15.0 Å². The van der Waals surface area contributed by atoms with Crippen molar-refractivity contribution in [3.63, 3.8) is 0 Å². The van der Waals surface area contributed by atoms with Crippen LogP contribution in [0.4, 0.5) is 14.9 Å². The summed E-state index contributed by atoms with van der Waals surface area (Å²) in [5.41, 5.74) is 2.55. The molecule has 0 bridgehead atoms. The number of hydrogen-bond donors (Lipinski definition) is 2. The zero-order valence-electron chi connectivity index (χ0n) is 18.0. The molecule has 1 saturated heterocycles. The van der Waals surface area contributed by atoms with Gasteiger partial charge < -0.3 is 15.2 Å². The summed E-state index contributed by atoms with van der Waals surface area (Å²) in [6, 6.07) is 9.75. The molecule has 168 valence electrons. The van der Waals surface area contributed by atoms with E-state index in [1.54, 1.807) is 18.3 Å². The second-order valence-corrected chi connectivity index (χ2v) is 8.33. The summed E-state index contributed by atoms with van der Waals surface area (Å²) in [6.07, 6.45) is 3.82. The summed E-state index contributed by atoms with van der Waals surface area (Å²) in [6.45, 7) is 3.55. The Morgan fingerprint density at radius 2 is 2.15 bits per heavy atom. The van der Waals surface area contributed by atoms with E-state index in [1.807, 2.05) is 23.9 Å². The first kappa shape index (κ1) is 21.0. The second kappa shape index (κ2) is 8.22. The number of carboxylic acid groups (broad SMARTS) is 1. The number of rotatable bonds is 4. The molecule has 0 aliphatic carbocycles. The van der Waals surface area contributed by atoms with E-state index >= 15 is 0 Å². The highest BCUT2D eigenvalue weighted by Gasteiger charge is 2.32. The van der Waals surface area contributed by atoms with Crippen LogP contribution in [0.3, 0.4) is 0 Å². The summed E-state index contributed by atoms with van der Waals surface area (Å²) < 4.78 is 22.4. The minimum absolute atomic E-state index is 0.0863.